The molecule has 0 bridgehead atoms. The second kappa shape index (κ2) is 5.51. The number of methoxy groups -OCH3 is 1. The van der Waals surface area contributed by atoms with Crippen LogP contribution in [-0.2, 0) is 18.4 Å². The van der Waals surface area contributed by atoms with Crippen LogP contribution in [0.3, 0.4) is 0 Å². The summed E-state index contributed by atoms with van der Waals surface area (Å²) < 4.78 is 24.8. The van der Waals surface area contributed by atoms with Crippen molar-refractivity contribution in [2.24, 2.45) is 7.05 Å². The van der Waals surface area contributed by atoms with Gasteiger partial charge in [-0.25, -0.2) is 9.18 Å². The van der Waals surface area contributed by atoms with Gasteiger partial charge in [0.05, 0.1) is 18.9 Å². The molecule has 1 aromatic heterocycles. The summed E-state index contributed by atoms with van der Waals surface area (Å²) in [5, 5.41) is 3.87. The number of carbonyl (C=O) groups is 1. The fourth-order valence-electron chi connectivity index (χ4n) is 1.61. The molecule has 5 nitrogen and oxygen atoms in total. The van der Waals surface area contributed by atoms with Crippen molar-refractivity contribution in [3.05, 3.63) is 47.5 Å². The van der Waals surface area contributed by atoms with Crippen molar-refractivity contribution >= 4 is 5.97 Å². The van der Waals surface area contributed by atoms with Gasteiger partial charge in [0.15, 0.2) is 0 Å². The quantitative estimate of drug-likeness (QED) is 0.792. The number of hydrogen-bond acceptors (Lipinski definition) is 4. The van der Waals surface area contributed by atoms with E-state index in [0.29, 0.717) is 16.9 Å². The Kier molecular flexibility index (Phi) is 3.79. The van der Waals surface area contributed by atoms with Crippen LogP contribution >= 0.6 is 0 Å². The van der Waals surface area contributed by atoms with Crippen LogP contribution in [0.5, 0.6) is 5.75 Å². The molecule has 100 valence electrons. The lowest BCUT2D eigenvalue weighted by molar-refractivity contribution is 0.0469. The van der Waals surface area contributed by atoms with E-state index in [4.69, 9.17) is 9.47 Å². The average molecular weight is 264 g/mol. The largest absolute Gasteiger partial charge is 0.496 e. The van der Waals surface area contributed by atoms with Gasteiger partial charge < -0.3 is 9.47 Å². The number of ether oxygens (including phenoxy) is 2. The molecule has 0 radical (unpaired) electrons. The SMILES string of the molecule is COc1ccc(F)cc1COC(=O)c1cnn(C)c1. The minimum Gasteiger partial charge on any atom is -0.496 e. The van der Waals surface area contributed by atoms with Crippen molar-refractivity contribution in [3.8, 4) is 5.75 Å². The molecule has 0 atom stereocenters. The Labute approximate surface area is 109 Å². The Morgan fingerprint density at radius 3 is 2.89 bits per heavy atom. The van der Waals surface area contributed by atoms with Crippen molar-refractivity contribution in [2.45, 2.75) is 6.61 Å². The van der Waals surface area contributed by atoms with Gasteiger partial charge in [0.2, 0.25) is 0 Å². The number of halogens is 1. The number of rotatable bonds is 4. The number of nitrogens with zero attached hydrogens (tertiary/aromatic N) is 2. The van der Waals surface area contributed by atoms with Crippen LogP contribution in [0.1, 0.15) is 15.9 Å². The van der Waals surface area contributed by atoms with Crippen LogP contribution in [0.4, 0.5) is 4.39 Å². The Morgan fingerprint density at radius 2 is 2.26 bits per heavy atom. The Hall–Kier alpha value is -2.37. The number of aromatic nitrogens is 2. The summed E-state index contributed by atoms with van der Waals surface area (Å²) in [5.41, 5.74) is 0.817. The van der Waals surface area contributed by atoms with Crippen LogP contribution in [0.15, 0.2) is 30.6 Å². The maximum absolute atomic E-state index is 13.1. The molecule has 1 aromatic carbocycles. The molecule has 6 heteroatoms. The van der Waals surface area contributed by atoms with Gasteiger partial charge in [-0.1, -0.05) is 0 Å². The molecule has 0 saturated carbocycles. The van der Waals surface area contributed by atoms with E-state index in [9.17, 15) is 9.18 Å². The summed E-state index contributed by atoms with van der Waals surface area (Å²) >= 11 is 0. The monoisotopic (exact) mass is 264 g/mol. The molecule has 0 aliphatic rings. The topological polar surface area (TPSA) is 53.4 Å². The second-order valence-corrected chi connectivity index (χ2v) is 3.93. The predicted molar refractivity (Wildman–Crippen MR) is 65.3 cm³/mol. The molecule has 0 amide bonds. The van der Waals surface area contributed by atoms with Gasteiger partial charge in [-0.15, -0.1) is 0 Å². The van der Waals surface area contributed by atoms with Crippen LogP contribution in [0.25, 0.3) is 0 Å². The first kappa shape index (κ1) is 13.1. The lowest BCUT2D eigenvalue weighted by Crippen LogP contribution is -2.05. The number of aryl methyl sites for hydroxylation is 1. The van der Waals surface area contributed by atoms with Gasteiger partial charge in [0.25, 0.3) is 0 Å². The Bertz CT molecular complexity index is 595. The third-order valence-corrected chi connectivity index (χ3v) is 2.54. The summed E-state index contributed by atoms with van der Waals surface area (Å²) in [5.74, 6) is -0.451. The number of benzene rings is 1. The maximum Gasteiger partial charge on any atom is 0.341 e. The highest BCUT2D eigenvalue weighted by Gasteiger charge is 2.12. The molecule has 0 saturated heterocycles. The molecule has 0 aliphatic heterocycles. The molecule has 19 heavy (non-hydrogen) atoms. The molecule has 0 aliphatic carbocycles. The minimum atomic E-state index is -0.514. The highest BCUT2D eigenvalue weighted by molar-refractivity contribution is 5.88. The van der Waals surface area contributed by atoms with Crippen molar-refractivity contribution in [1.29, 1.82) is 0 Å². The molecule has 1 heterocycles. The molecule has 0 fully saturated rings. The summed E-state index contributed by atoms with van der Waals surface area (Å²) in [6, 6.07) is 4.04. The van der Waals surface area contributed by atoms with Gasteiger partial charge in [0, 0.05) is 18.8 Å². The van der Waals surface area contributed by atoms with E-state index in [2.05, 4.69) is 5.10 Å². The number of carbonyl (C=O) groups excluding carboxylic acids is 1. The van der Waals surface area contributed by atoms with Crippen LogP contribution in [0.2, 0.25) is 0 Å². The minimum absolute atomic E-state index is 0.0609. The van der Waals surface area contributed by atoms with Crippen LogP contribution < -0.4 is 4.74 Å². The number of hydrogen-bond donors (Lipinski definition) is 0. The molecular weight excluding hydrogens is 251 g/mol. The van der Waals surface area contributed by atoms with Gasteiger partial charge >= 0.3 is 5.97 Å². The van der Waals surface area contributed by atoms with Crippen LogP contribution in [0, 0.1) is 5.82 Å². The molecule has 0 N–H and O–H groups in total. The summed E-state index contributed by atoms with van der Waals surface area (Å²) in [6.07, 6.45) is 2.95. The zero-order valence-corrected chi connectivity index (χ0v) is 10.6. The average Bonchev–Trinajstić information content (AvgIpc) is 2.83. The summed E-state index contributed by atoms with van der Waals surface area (Å²) in [6.45, 7) is -0.0609. The van der Waals surface area contributed by atoms with E-state index in [1.807, 2.05) is 0 Å². The summed E-state index contributed by atoms with van der Waals surface area (Å²) in [4.78, 5) is 11.7. The van der Waals surface area contributed by atoms with Gasteiger partial charge in [0.1, 0.15) is 18.2 Å². The van der Waals surface area contributed by atoms with Crippen LogP contribution in [-0.4, -0.2) is 22.9 Å². The van der Waals surface area contributed by atoms with Crippen molar-refractivity contribution < 1.29 is 18.7 Å². The first-order chi connectivity index (χ1) is 9.10. The van der Waals surface area contributed by atoms with E-state index < -0.39 is 11.8 Å². The molecule has 2 aromatic rings. The second-order valence-electron chi connectivity index (χ2n) is 3.93. The van der Waals surface area contributed by atoms with E-state index in [1.165, 1.54) is 36.2 Å². The third-order valence-electron chi connectivity index (χ3n) is 2.54. The van der Waals surface area contributed by atoms with Gasteiger partial charge in [-0.3, -0.25) is 4.68 Å². The molecular formula is C13H13FN2O3. The fourth-order valence-corrected chi connectivity index (χ4v) is 1.61. The lowest BCUT2D eigenvalue weighted by atomic mass is 10.2. The maximum atomic E-state index is 13.1. The molecule has 2 rings (SSSR count). The normalized spacial score (nSPS) is 10.3. The first-order valence-corrected chi connectivity index (χ1v) is 5.58. The Balaban J connectivity index is 2.06. The highest BCUT2D eigenvalue weighted by Crippen LogP contribution is 2.20. The number of esters is 1. The fraction of sp³-hybridized carbons (Fsp3) is 0.231. The van der Waals surface area contributed by atoms with Crippen molar-refractivity contribution in [3.63, 3.8) is 0 Å². The summed E-state index contributed by atoms with van der Waals surface area (Å²) in [7, 11) is 3.17. The first-order valence-electron chi connectivity index (χ1n) is 5.58. The van der Waals surface area contributed by atoms with Crippen molar-refractivity contribution in [1.82, 2.24) is 9.78 Å². The molecule has 0 spiro atoms. The lowest BCUT2D eigenvalue weighted by Gasteiger charge is -2.08. The van der Waals surface area contributed by atoms with Gasteiger partial charge in [-0.2, -0.15) is 5.10 Å². The molecule has 0 unspecified atom stereocenters. The smallest absolute Gasteiger partial charge is 0.341 e. The van der Waals surface area contributed by atoms with E-state index in [1.54, 1.807) is 13.2 Å². The standard InChI is InChI=1S/C13H13FN2O3/c1-16-7-10(6-15-16)13(17)19-8-9-5-11(14)3-4-12(9)18-2/h3-7H,8H2,1-2H3. The zero-order valence-electron chi connectivity index (χ0n) is 10.6. The third kappa shape index (κ3) is 3.09. The van der Waals surface area contributed by atoms with E-state index >= 15 is 0 Å². The zero-order chi connectivity index (χ0) is 13.8. The van der Waals surface area contributed by atoms with Gasteiger partial charge in [-0.05, 0) is 18.2 Å². The Morgan fingerprint density at radius 1 is 1.47 bits per heavy atom. The van der Waals surface area contributed by atoms with Crippen molar-refractivity contribution in [2.75, 3.05) is 7.11 Å². The highest BCUT2D eigenvalue weighted by atomic mass is 19.1. The van der Waals surface area contributed by atoms with E-state index in [0.717, 1.165) is 0 Å². The predicted octanol–water partition coefficient (Wildman–Crippen LogP) is 1.92. The van der Waals surface area contributed by atoms with E-state index in [-0.39, 0.29) is 6.61 Å².